The van der Waals surface area contributed by atoms with Crippen LogP contribution in [0, 0.1) is 3.57 Å². The molecule has 1 aromatic carbocycles. The molecule has 0 aliphatic heterocycles. The lowest BCUT2D eigenvalue weighted by atomic mass is 10.2. The van der Waals surface area contributed by atoms with Gasteiger partial charge in [0.05, 0.1) is 9.13 Å². The average Bonchev–Trinajstić information content (AvgIpc) is 1.94. The van der Waals surface area contributed by atoms with Gasteiger partial charge in [0, 0.05) is 0 Å². The van der Waals surface area contributed by atoms with E-state index in [1.807, 2.05) is 22.6 Å². The van der Waals surface area contributed by atoms with Crippen LogP contribution in [0.25, 0.3) is 0 Å². The molecule has 1 amide bonds. The number of benzene rings is 1. The maximum atomic E-state index is 10.7. The molecular formula is C7H6INO2. The Morgan fingerprint density at radius 1 is 1.55 bits per heavy atom. The van der Waals surface area contributed by atoms with Gasteiger partial charge in [-0.2, -0.15) is 0 Å². The minimum absolute atomic E-state index is 0.0851. The number of carbonyl (C=O) groups is 1. The van der Waals surface area contributed by atoms with Gasteiger partial charge in [0.15, 0.2) is 0 Å². The van der Waals surface area contributed by atoms with E-state index in [0.717, 1.165) is 0 Å². The predicted molar refractivity (Wildman–Crippen MR) is 49.3 cm³/mol. The maximum Gasteiger partial charge on any atom is 0.249 e. The van der Waals surface area contributed by atoms with Gasteiger partial charge in [-0.1, -0.05) is 6.07 Å². The van der Waals surface area contributed by atoms with Crippen LogP contribution in [0.2, 0.25) is 0 Å². The van der Waals surface area contributed by atoms with Crippen LogP contribution in [0.5, 0.6) is 5.75 Å². The van der Waals surface area contributed by atoms with Gasteiger partial charge >= 0.3 is 0 Å². The molecule has 0 saturated carbocycles. The Kier molecular flexibility index (Phi) is 2.33. The normalized spacial score (nSPS) is 9.55. The van der Waals surface area contributed by atoms with Crippen LogP contribution in [0.3, 0.4) is 0 Å². The lowest BCUT2D eigenvalue weighted by Gasteiger charge is -2.00. The highest BCUT2D eigenvalue weighted by molar-refractivity contribution is 14.1. The zero-order valence-corrected chi connectivity index (χ0v) is 7.70. The van der Waals surface area contributed by atoms with Crippen LogP contribution >= 0.6 is 22.6 Å². The van der Waals surface area contributed by atoms with Crippen LogP contribution in [-0.4, -0.2) is 11.0 Å². The molecule has 0 aliphatic rings. The molecule has 0 aromatic heterocycles. The number of hydrogen-bond acceptors (Lipinski definition) is 2. The van der Waals surface area contributed by atoms with Gasteiger partial charge in [-0.15, -0.1) is 0 Å². The summed E-state index contributed by atoms with van der Waals surface area (Å²) >= 11 is 1.87. The van der Waals surface area contributed by atoms with Crippen molar-refractivity contribution >= 4 is 28.5 Å². The first-order valence-electron chi connectivity index (χ1n) is 2.90. The van der Waals surface area contributed by atoms with Crippen LogP contribution in [0.1, 0.15) is 10.4 Å². The standard InChI is InChI=1S/C7H6INO2/c8-6-4(7(9)11)2-1-3-5(6)10/h1-3,10H,(H2,9,11). The van der Waals surface area contributed by atoms with Gasteiger partial charge < -0.3 is 10.8 Å². The summed E-state index contributed by atoms with van der Waals surface area (Å²) in [4.78, 5) is 10.7. The number of halogens is 1. The number of carbonyl (C=O) groups excluding carboxylic acids is 1. The summed E-state index contributed by atoms with van der Waals surface area (Å²) in [6, 6.07) is 4.66. The van der Waals surface area contributed by atoms with Gasteiger partial charge in [-0.25, -0.2) is 0 Å². The molecule has 58 valence electrons. The van der Waals surface area contributed by atoms with Crippen molar-refractivity contribution in [3.63, 3.8) is 0 Å². The average molecular weight is 263 g/mol. The number of rotatable bonds is 1. The molecule has 0 fully saturated rings. The lowest BCUT2D eigenvalue weighted by molar-refractivity contribution is 0.0999. The molecule has 0 bridgehead atoms. The molecular weight excluding hydrogens is 257 g/mol. The number of phenols is 1. The fourth-order valence-electron chi connectivity index (χ4n) is 0.710. The predicted octanol–water partition coefficient (Wildman–Crippen LogP) is 1.10. The highest BCUT2D eigenvalue weighted by Gasteiger charge is 2.07. The SMILES string of the molecule is NC(=O)c1cccc(O)c1I. The first kappa shape index (κ1) is 8.32. The maximum absolute atomic E-state index is 10.7. The molecule has 3 N–H and O–H groups in total. The van der Waals surface area contributed by atoms with E-state index in [2.05, 4.69) is 0 Å². The molecule has 0 saturated heterocycles. The Balaban J connectivity index is 3.27. The molecule has 11 heavy (non-hydrogen) atoms. The Morgan fingerprint density at radius 3 is 2.64 bits per heavy atom. The van der Waals surface area contributed by atoms with Crippen molar-refractivity contribution in [3.05, 3.63) is 27.3 Å². The van der Waals surface area contributed by atoms with Gasteiger partial charge in [-0.05, 0) is 34.7 Å². The van der Waals surface area contributed by atoms with E-state index in [9.17, 15) is 4.79 Å². The topological polar surface area (TPSA) is 63.3 Å². The molecule has 0 unspecified atom stereocenters. The number of aromatic hydroxyl groups is 1. The van der Waals surface area contributed by atoms with E-state index in [1.54, 1.807) is 12.1 Å². The number of hydrogen-bond donors (Lipinski definition) is 2. The Bertz CT molecular complexity index is 298. The molecule has 0 atom stereocenters. The lowest BCUT2D eigenvalue weighted by Crippen LogP contribution is -2.12. The summed E-state index contributed by atoms with van der Waals surface area (Å²) in [6.45, 7) is 0. The van der Waals surface area contributed by atoms with E-state index in [0.29, 0.717) is 9.13 Å². The highest BCUT2D eigenvalue weighted by atomic mass is 127. The van der Waals surface area contributed by atoms with Crippen molar-refractivity contribution in [2.75, 3.05) is 0 Å². The first-order valence-corrected chi connectivity index (χ1v) is 3.98. The summed E-state index contributed by atoms with van der Waals surface area (Å²) < 4.78 is 0.498. The second-order valence-electron chi connectivity index (χ2n) is 2.00. The van der Waals surface area contributed by atoms with Crippen molar-refractivity contribution in [2.24, 2.45) is 5.73 Å². The van der Waals surface area contributed by atoms with Crippen molar-refractivity contribution in [1.82, 2.24) is 0 Å². The number of primary amides is 1. The molecule has 1 rings (SSSR count). The molecule has 0 radical (unpaired) electrons. The second-order valence-corrected chi connectivity index (χ2v) is 3.08. The quantitative estimate of drug-likeness (QED) is 0.745. The van der Waals surface area contributed by atoms with Crippen molar-refractivity contribution < 1.29 is 9.90 Å². The molecule has 0 spiro atoms. The second kappa shape index (κ2) is 3.08. The first-order chi connectivity index (χ1) is 5.13. The largest absolute Gasteiger partial charge is 0.507 e. The van der Waals surface area contributed by atoms with Crippen molar-refractivity contribution in [1.29, 1.82) is 0 Å². The number of phenolic OH excluding ortho intramolecular Hbond substituents is 1. The van der Waals surface area contributed by atoms with E-state index in [1.165, 1.54) is 6.07 Å². The summed E-state index contributed by atoms with van der Waals surface area (Å²) in [6.07, 6.45) is 0. The summed E-state index contributed by atoms with van der Waals surface area (Å²) in [7, 11) is 0. The van der Waals surface area contributed by atoms with Gasteiger partial charge in [-0.3, -0.25) is 4.79 Å². The monoisotopic (exact) mass is 263 g/mol. The highest BCUT2D eigenvalue weighted by Crippen LogP contribution is 2.22. The smallest absolute Gasteiger partial charge is 0.249 e. The Morgan fingerprint density at radius 2 is 2.18 bits per heavy atom. The van der Waals surface area contributed by atoms with Crippen LogP contribution in [-0.2, 0) is 0 Å². The summed E-state index contributed by atoms with van der Waals surface area (Å²) in [5.41, 5.74) is 5.38. The third kappa shape index (κ3) is 1.62. The zero-order valence-electron chi connectivity index (χ0n) is 5.54. The molecule has 1 aromatic rings. The molecule has 4 heteroatoms. The van der Waals surface area contributed by atoms with E-state index in [-0.39, 0.29) is 5.75 Å². The van der Waals surface area contributed by atoms with Crippen LogP contribution in [0.15, 0.2) is 18.2 Å². The molecule has 3 nitrogen and oxygen atoms in total. The fraction of sp³-hybridized carbons (Fsp3) is 0. The van der Waals surface area contributed by atoms with E-state index >= 15 is 0 Å². The minimum Gasteiger partial charge on any atom is -0.507 e. The van der Waals surface area contributed by atoms with Gasteiger partial charge in [0.2, 0.25) is 5.91 Å². The molecule has 0 heterocycles. The van der Waals surface area contributed by atoms with E-state index < -0.39 is 5.91 Å². The number of amides is 1. The Labute approximate surface area is 77.4 Å². The summed E-state index contributed by atoms with van der Waals surface area (Å²) in [5, 5.41) is 9.13. The molecule has 0 aliphatic carbocycles. The third-order valence-corrected chi connectivity index (χ3v) is 2.38. The zero-order chi connectivity index (χ0) is 8.43. The van der Waals surface area contributed by atoms with Crippen molar-refractivity contribution in [3.8, 4) is 5.75 Å². The van der Waals surface area contributed by atoms with E-state index in [4.69, 9.17) is 10.8 Å². The van der Waals surface area contributed by atoms with Crippen molar-refractivity contribution in [2.45, 2.75) is 0 Å². The third-order valence-electron chi connectivity index (χ3n) is 1.24. The van der Waals surface area contributed by atoms with Crippen LogP contribution < -0.4 is 5.73 Å². The minimum atomic E-state index is -0.523. The Hall–Kier alpha value is -0.780. The van der Waals surface area contributed by atoms with Gasteiger partial charge in [0.1, 0.15) is 5.75 Å². The van der Waals surface area contributed by atoms with Gasteiger partial charge in [0.25, 0.3) is 0 Å². The summed E-state index contributed by atoms with van der Waals surface area (Å²) in [5.74, 6) is -0.438. The number of nitrogens with two attached hydrogens (primary N) is 1. The van der Waals surface area contributed by atoms with Crippen LogP contribution in [0.4, 0.5) is 0 Å². The fourth-order valence-corrected chi connectivity index (χ4v) is 1.34.